The van der Waals surface area contributed by atoms with Gasteiger partial charge in [-0.3, -0.25) is 4.90 Å². The first-order chi connectivity index (χ1) is 5.38. The lowest BCUT2D eigenvalue weighted by Gasteiger charge is -2.22. The standard InChI is InChI=1S/C9H18N2/c1-3-10-8-9-6-5-7-11(9)4-2/h3,9-10H,1,4-8H2,2H3. The van der Waals surface area contributed by atoms with E-state index >= 15 is 0 Å². The number of nitrogens with one attached hydrogen (secondary N) is 1. The van der Waals surface area contributed by atoms with Crippen molar-refractivity contribution in [3.8, 4) is 0 Å². The summed E-state index contributed by atoms with van der Waals surface area (Å²) >= 11 is 0. The van der Waals surface area contributed by atoms with Crippen molar-refractivity contribution in [2.24, 2.45) is 0 Å². The SMILES string of the molecule is C=CNCC1CCCN1CC. The van der Waals surface area contributed by atoms with Crippen molar-refractivity contribution in [1.29, 1.82) is 0 Å². The van der Waals surface area contributed by atoms with Gasteiger partial charge in [0.05, 0.1) is 0 Å². The lowest BCUT2D eigenvalue weighted by Crippen LogP contribution is -2.36. The second kappa shape index (κ2) is 4.39. The molecule has 1 heterocycles. The Morgan fingerprint density at radius 2 is 2.55 bits per heavy atom. The third-order valence-electron chi connectivity index (χ3n) is 2.40. The highest BCUT2D eigenvalue weighted by Crippen LogP contribution is 2.15. The van der Waals surface area contributed by atoms with Crippen LogP contribution in [-0.2, 0) is 0 Å². The van der Waals surface area contributed by atoms with Crippen molar-refractivity contribution in [3.63, 3.8) is 0 Å². The van der Waals surface area contributed by atoms with E-state index in [0.29, 0.717) is 0 Å². The van der Waals surface area contributed by atoms with E-state index in [4.69, 9.17) is 0 Å². The van der Waals surface area contributed by atoms with Crippen LogP contribution in [0, 0.1) is 0 Å². The number of hydrogen-bond donors (Lipinski definition) is 1. The average Bonchev–Trinajstić information content (AvgIpc) is 2.47. The Kier molecular flexibility index (Phi) is 3.43. The fourth-order valence-corrected chi connectivity index (χ4v) is 1.76. The molecule has 0 aliphatic carbocycles. The van der Waals surface area contributed by atoms with E-state index in [2.05, 4.69) is 23.7 Å². The third kappa shape index (κ3) is 2.22. The second-order valence-electron chi connectivity index (χ2n) is 3.04. The van der Waals surface area contributed by atoms with Crippen molar-refractivity contribution >= 4 is 0 Å². The summed E-state index contributed by atoms with van der Waals surface area (Å²) in [6.45, 7) is 9.40. The first kappa shape index (κ1) is 8.60. The number of rotatable bonds is 4. The van der Waals surface area contributed by atoms with E-state index in [0.717, 1.165) is 12.6 Å². The van der Waals surface area contributed by atoms with Crippen LogP contribution < -0.4 is 5.32 Å². The highest BCUT2D eigenvalue weighted by molar-refractivity contribution is 4.81. The smallest absolute Gasteiger partial charge is 0.0297 e. The first-order valence-corrected chi connectivity index (χ1v) is 4.46. The Labute approximate surface area is 69.3 Å². The summed E-state index contributed by atoms with van der Waals surface area (Å²) in [4.78, 5) is 2.52. The van der Waals surface area contributed by atoms with Crippen LogP contribution in [0.3, 0.4) is 0 Å². The van der Waals surface area contributed by atoms with Crippen LogP contribution in [0.1, 0.15) is 19.8 Å². The molecule has 1 aliphatic rings. The molecule has 1 N–H and O–H groups in total. The predicted octanol–water partition coefficient (Wildman–Crippen LogP) is 1.20. The lowest BCUT2D eigenvalue weighted by atomic mass is 10.2. The molecule has 1 saturated heterocycles. The molecule has 1 unspecified atom stereocenters. The molecule has 1 aliphatic heterocycles. The van der Waals surface area contributed by atoms with Gasteiger partial charge in [0.1, 0.15) is 0 Å². The second-order valence-corrected chi connectivity index (χ2v) is 3.04. The summed E-state index contributed by atoms with van der Waals surface area (Å²) in [6.07, 6.45) is 4.48. The summed E-state index contributed by atoms with van der Waals surface area (Å²) in [6, 6.07) is 0.748. The van der Waals surface area contributed by atoms with Crippen LogP contribution in [0.5, 0.6) is 0 Å². The van der Waals surface area contributed by atoms with Crippen molar-refractivity contribution in [1.82, 2.24) is 10.2 Å². The van der Waals surface area contributed by atoms with E-state index < -0.39 is 0 Å². The van der Waals surface area contributed by atoms with Crippen molar-refractivity contribution in [2.75, 3.05) is 19.6 Å². The van der Waals surface area contributed by atoms with Gasteiger partial charge in [0.25, 0.3) is 0 Å². The zero-order valence-corrected chi connectivity index (χ0v) is 7.34. The predicted molar refractivity (Wildman–Crippen MR) is 48.5 cm³/mol. The number of likely N-dealkylation sites (N-methyl/N-ethyl adjacent to an activating group) is 1. The normalized spacial score (nSPS) is 25.4. The molecular weight excluding hydrogens is 136 g/mol. The molecule has 0 radical (unpaired) electrons. The highest BCUT2D eigenvalue weighted by Gasteiger charge is 2.21. The zero-order chi connectivity index (χ0) is 8.10. The minimum atomic E-state index is 0.748. The van der Waals surface area contributed by atoms with Gasteiger partial charge in [-0.05, 0) is 32.1 Å². The molecule has 0 spiro atoms. The zero-order valence-electron chi connectivity index (χ0n) is 7.34. The van der Waals surface area contributed by atoms with Crippen LogP contribution in [0.25, 0.3) is 0 Å². The van der Waals surface area contributed by atoms with Gasteiger partial charge in [-0.15, -0.1) is 0 Å². The average molecular weight is 154 g/mol. The van der Waals surface area contributed by atoms with E-state index in [-0.39, 0.29) is 0 Å². The van der Waals surface area contributed by atoms with Gasteiger partial charge >= 0.3 is 0 Å². The van der Waals surface area contributed by atoms with Crippen LogP contribution in [-0.4, -0.2) is 30.6 Å². The molecule has 11 heavy (non-hydrogen) atoms. The van der Waals surface area contributed by atoms with E-state index in [1.165, 1.54) is 25.9 Å². The maximum atomic E-state index is 3.64. The minimum absolute atomic E-state index is 0.748. The quantitative estimate of drug-likeness (QED) is 0.654. The van der Waals surface area contributed by atoms with Gasteiger partial charge in [-0.2, -0.15) is 0 Å². The molecule has 0 amide bonds. The summed E-state index contributed by atoms with van der Waals surface area (Å²) in [5.41, 5.74) is 0. The van der Waals surface area contributed by atoms with Gasteiger partial charge in [0, 0.05) is 12.6 Å². The molecule has 0 aromatic carbocycles. The maximum absolute atomic E-state index is 3.64. The molecule has 0 aromatic heterocycles. The molecule has 1 fully saturated rings. The lowest BCUT2D eigenvalue weighted by molar-refractivity contribution is 0.265. The Balaban J connectivity index is 2.25. The topological polar surface area (TPSA) is 15.3 Å². The van der Waals surface area contributed by atoms with Crippen LogP contribution in [0.2, 0.25) is 0 Å². The first-order valence-electron chi connectivity index (χ1n) is 4.46. The Bertz CT molecular complexity index is 123. The number of hydrogen-bond acceptors (Lipinski definition) is 2. The minimum Gasteiger partial charge on any atom is -0.390 e. The number of likely N-dealkylation sites (tertiary alicyclic amines) is 1. The van der Waals surface area contributed by atoms with Gasteiger partial charge in [-0.1, -0.05) is 13.5 Å². The fraction of sp³-hybridized carbons (Fsp3) is 0.778. The Hall–Kier alpha value is -0.500. The van der Waals surface area contributed by atoms with Gasteiger partial charge in [0.15, 0.2) is 0 Å². The molecule has 0 saturated carbocycles. The molecular formula is C9H18N2. The van der Waals surface area contributed by atoms with Crippen LogP contribution in [0.4, 0.5) is 0 Å². The summed E-state index contributed by atoms with van der Waals surface area (Å²) in [5.74, 6) is 0. The van der Waals surface area contributed by atoms with Gasteiger partial charge < -0.3 is 5.32 Å². The molecule has 2 nitrogen and oxygen atoms in total. The van der Waals surface area contributed by atoms with Crippen LogP contribution in [0.15, 0.2) is 12.8 Å². The van der Waals surface area contributed by atoms with Gasteiger partial charge in [-0.25, -0.2) is 0 Å². The molecule has 2 heteroatoms. The molecule has 1 rings (SSSR count). The van der Waals surface area contributed by atoms with E-state index in [1.807, 2.05) is 0 Å². The maximum Gasteiger partial charge on any atom is 0.0297 e. The molecule has 64 valence electrons. The summed E-state index contributed by atoms with van der Waals surface area (Å²) in [7, 11) is 0. The number of nitrogens with zero attached hydrogens (tertiary/aromatic N) is 1. The largest absolute Gasteiger partial charge is 0.390 e. The van der Waals surface area contributed by atoms with Crippen molar-refractivity contribution < 1.29 is 0 Å². The third-order valence-corrected chi connectivity index (χ3v) is 2.40. The molecule has 1 atom stereocenters. The molecule has 0 aromatic rings. The Morgan fingerprint density at radius 1 is 1.73 bits per heavy atom. The van der Waals surface area contributed by atoms with E-state index in [9.17, 15) is 0 Å². The van der Waals surface area contributed by atoms with Crippen molar-refractivity contribution in [3.05, 3.63) is 12.8 Å². The van der Waals surface area contributed by atoms with Gasteiger partial charge in [0.2, 0.25) is 0 Å². The monoisotopic (exact) mass is 154 g/mol. The summed E-state index contributed by atoms with van der Waals surface area (Å²) < 4.78 is 0. The Morgan fingerprint density at radius 3 is 3.18 bits per heavy atom. The van der Waals surface area contributed by atoms with Crippen molar-refractivity contribution in [2.45, 2.75) is 25.8 Å². The fourth-order valence-electron chi connectivity index (χ4n) is 1.76. The summed E-state index contributed by atoms with van der Waals surface area (Å²) in [5, 5.41) is 3.18. The van der Waals surface area contributed by atoms with Crippen LogP contribution >= 0.6 is 0 Å². The highest BCUT2D eigenvalue weighted by atomic mass is 15.2. The van der Waals surface area contributed by atoms with E-state index in [1.54, 1.807) is 6.20 Å². The molecule has 0 bridgehead atoms.